The highest BCUT2D eigenvalue weighted by Crippen LogP contribution is 2.24. The van der Waals surface area contributed by atoms with Crippen molar-refractivity contribution in [3.05, 3.63) is 71.8 Å². The molecule has 0 N–H and O–H groups in total. The van der Waals surface area contributed by atoms with Crippen molar-refractivity contribution in [3.63, 3.8) is 0 Å². The summed E-state index contributed by atoms with van der Waals surface area (Å²) in [4.78, 5) is 0. The van der Waals surface area contributed by atoms with Gasteiger partial charge in [-0.2, -0.15) is 0 Å². The van der Waals surface area contributed by atoms with Gasteiger partial charge in [0.1, 0.15) is 0 Å². The maximum atomic E-state index is 5.93. The van der Waals surface area contributed by atoms with E-state index in [1.54, 1.807) is 0 Å². The van der Waals surface area contributed by atoms with Gasteiger partial charge >= 0.3 is 0 Å². The third-order valence-corrected chi connectivity index (χ3v) is 3.93. The molecule has 0 heterocycles. The van der Waals surface area contributed by atoms with Gasteiger partial charge in [0.05, 0.1) is 6.61 Å². The van der Waals surface area contributed by atoms with Crippen molar-refractivity contribution >= 4 is 0 Å². The smallest absolute Gasteiger partial charge is 0.0537 e. The van der Waals surface area contributed by atoms with E-state index in [0.29, 0.717) is 11.8 Å². The summed E-state index contributed by atoms with van der Waals surface area (Å²) in [6.07, 6.45) is 2.18. The number of aryl methyl sites for hydroxylation is 1. The first-order chi connectivity index (χ1) is 10.3. The molecular formula is C20H26O. The van der Waals surface area contributed by atoms with E-state index in [9.17, 15) is 0 Å². The molecule has 0 amide bonds. The summed E-state index contributed by atoms with van der Waals surface area (Å²) in [5.74, 6) is 1.09. The van der Waals surface area contributed by atoms with Crippen LogP contribution in [0.2, 0.25) is 0 Å². The summed E-state index contributed by atoms with van der Waals surface area (Å²) >= 11 is 0. The Balaban J connectivity index is 1.73. The number of hydrogen-bond donors (Lipinski definition) is 0. The van der Waals surface area contributed by atoms with Crippen molar-refractivity contribution in [1.29, 1.82) is 0 Å². The Morgan fingerprint density at radius 3 is 2.10 bits per heavy atom. The summed E-state index contributed by atoms with van der Waals surface area (Å²) < 4.78 is 5.93. The molecule has 0 saturated carbocycles. The van der Waals surface area contributed by atoms with Crippen LogP contribution in [0.1, 0.15) is 37.3 Å². The molecule has 2 aromatic rings. The topological polar surface area (TPSA) is 9.23 Å². The molecule has 1 heteroatoms. The van der Waals surface area contributed by atoms with Crippen molar-refractivity contribution < 1.29 is 4.74 Å². The van der Waals surface area contributed by atoms with Crippen LogP contribution >= 0.6 is 0 Å². The fraction of sp³-hybridized carbons (Fsp3) is 0.400. The highest BCUT2D eigenvalue weighted by Gasteiger charge is 2.15. The lowest BCUT2D eigenvalue weighted by Crippen LogP contribution is -2.14. The average Bonchev–Trinajstić information content (AvgIpc) is 2.52. The standard InChI is InChI=1S/C20H26O/c1-17(2)20(19-13-7-4-8-14-19)16-21-15-9-12-18-10-5-3-6-11-18/h3-8,10-11,13-14,17,20H,9,12,15-16H2,1-2H3/t20-/m0/s1. The van der Waals surface area contributed by atoms with Crippen molar-refractivity contribution in [2.45, 2.75) is 32.6 Å². The Hall–Kier alpha value is -1.60. The predicted molar refractivity (Wildman–Crippen MR) is 89.6 cm³/mol. The van der Waals surface area contributed by atoms with Crippen LogP contribution in [0.5, 0.6) is 0 Å². The SMILES string of the molecule is CC(C)[C@H](COCCCc1ccccc1)c1ccccc1. The van der Waals surface area contributed by atoms with Gasteiger partial charge in [0, 0.05) is 12.5 Å². The van der Waals surface area contributed by atoms with Gasteiger partial charge in [-0.05, 0) is 29.9 Å². The van der Waals surface area contributed by atoms with Gasteiger partial charge in [0.15, 0.2) is 0 Å². The van der Waals surface area contributed by atoms with Gasteiger partial charge in [0.2, 0.25) is 0 Å². The Labute approximate surface area is 129 Å². The molecule has 0 aromatic heterocycles. The van der Waals surface area contributed by atoms with Gasteiger partial charge < -0.3 is 4.74 Å². The van der Waals surface area contributed by atoms with Gasteiger partial charge in [-0.15, -0.1) is 0 Å². The maximum absolute atomic E-state index is 5.93. The minimum absolute atomic E-state index is 0.489. The zero-order valence-electron chi connectivity index (χ0n) is 13.2. The lowest BCUT2D eigenvalue weighted by Gasteiger charge is -2.21. The van der Waals surface area contributed by atoms with Gasteiger partial charge in [0.25, 0.3) is 0 Å². The van der Waals surface area contributed by atoms with Gasteiger partial charge in [-0.3, -0.25) is 0 Å². The summed E-state index contributed by atoms with van der Waals surface area (Å²) in [7, 11) is 0. The molecule has 21 heavy (non-hydrogen) atoms. The Kier molecular flexibility index (Phi) is 6.49. The molecule has 0 radical (unpaired) electrons. The number of ether oxygens (including phenoxy) is 1. The molecule has 0 unspecified atom stereocenters. The molecule has 0 spiro atoms. The third-order valence-electron chi connectivity index (χ3n) is 3.93. The maximum Gasteiger partial charge on any atom is 0.0537 e. The van der Waals surface area contributed by atoms with E-state index in [2.05, 4.69) is 74.5 Å². The molecular weight excluding hydrogens is 256 g/mol. The second-order valence-electron chi connectivity index (χ2n) is 5.93. The van der Waals surface area contributed by atoms with E-state index in [1.165, 1.54) is 11.1 Å². The van der Waals surface area contributed by atoms with Crippen molar-refractivity contribution in [1.82, 2.24) is 0 Å². The molecule has 0 aliphatic rings. The van der Waals surface area contributed by atoms with Crippen molar-refractivity contribution in [2.24, 2.45) is 5.92 Å². The largest absolute Gasteiger partial charge is 0.381 e. The van der Waals surface area contributed by atoms with E-state index in [-0.39, 0.29) is 0 Å². The first-order valence-electron chi connectivity index (χ1n) is 7.94. The van der Waals surface area contributed by atoms with Crippen LogP contribution in [-0.2, 0) is 11.2 Å². The highest BCUT2D eigenvalue weighted by atomic mass is 16.5. The lowest BCUT2D eigenvalue weighted by molar-refractivity contribution is 0.106. The second kappa shape index (κ2) is 8.63. The van der Waals surface area contributed by atoms with E-state index >= 15 is 0 Å². The molecule has 0 saturated heterocycles. The van der Waals surface area contributed by atoms with Crippen molar-refractivity contribution in [2.75, 3.05) is 13.2 Å². The Morgan fingerprint density at radius 2 is 1.48 bits per heavy atom. The predicted octanol–water partition coefficient (Wildman–Crippen LogP) is 5.08. The molecule has 1 atom stereocenters. The van der Waals surface area contributed by atoms with Crippen LogP contribution < -0.4 is 0 Å². The molecule has 0 aliphatic heterocycles. The Bertz CT molecular complexity index is 490. The van der Waals surface area contributed by atoms with Crippen LogP contribution in [0.15, 0.2) is 60.7 Å². The summed E-state index contributed by atoms with van der Waals surface area (Å²) in [5, 5.41) is 0. The average molecular weight is 282 g/mol. The molecule has 2 rings (SSSR count). The van der Waals surface area contributed by atoms with Crippen LogP contribution in [0.3, 0.4) is 0 Å². The van der Waals surface area contributed by atoms with Gasteiger partial charge in [-0.1, -0.05) is 74.5 Å². The summed E-state index contributed by atoms with van der Waals surface area (Å²) in [5.41, 5.74) is 2.78. The number of benzene rings is 2. The minimum Gasteiger partial charge on any atom is -0.381 e. The van der Waals surface area contributed by atoms with E-state index in [4.69, 9.17) is 4.74 Å². The number of rotatable bonds is 8. The first-order valence-corrected chi connectivity index (χ1v) is 7.94. The quantitative estimate of drug-likeness (QED) is 0.614. The molecule has 0 bridgehead atoms. The summed E-state index contributed by atoms with van der Waals surface area (Å²) in [6.45, 7) is 6.19. The first kappa shape index (κ1) is 15.8. The fourth-order valence-corrected chi connectivity index (χ4v) is 2.61. The highest BCUT2D eigenvalue weighted by molar-refractivity contribution is 5.20. The van der Waals surface area contributed by atoms with Gasteiger partial charge in [-0.25, -0.2) is 0 Å². The number of hydrogen-bond acceptors (Lipinski definition) is 1. The summed E-state index contributed by atoms with van der Waals surface area (Å²) in [6, 6.07) is 21.3. The van der Waals surface area contributed by atoms with Crippen LogP contribution in [0.4, 0.5) is 0 Å². The molecule has 0 fully saturated rings. The van der Waals surface area contributed by atoms with Crippen LogP contribution in [0, 0.1) is 5.92 Å². The normalized spacial score (nSPS) is 12.5. The van der Waals surface area contributed by atoms with Crippen LogP contribution in [0.25, 0.3) is 0 Å². The molecule has 1 nitrogen and oxygen atoms in total. The van der Waals surface area contributed by atoms with Crippen LogP contribution in [-0.4, -0.2) is 13.2 Å². The van der Waals surface area contributed by atoms with E-state index in [1.807, 2.05) is 0 Å². The Morgan fingerprint density at radius 1 is 0.857 bits per heavy atom. The lowest BCUT2D eigenvalue weighted by atomic mass is 9.89. The van der Waals surface area contributed by atoms with E-state index < -0.39 is 0 Å². The zero-order chi connectivity index (χ0) is 14.9. The fourth-order valence-electron chi connectivity index (χ4n) is 2.61. The van der Waals surface area contributed by atoms with E-state index in [0.717, 1.165) is 26.1 Å². The minimum atomic E-state index is 0.489. The zero-order valence-corrected chi connectivity index (χ0v) is 13.2. The molecule has 112 valence electrons. The third kappa shape index (κ3) is 5.35. The monoisotopic (exact) mass is 282 g/mol. The molecule has 2 aromatic carbocycles. The molecule has 0 aliphatic carbocycles. The van der Waals surface area contributed by atoms with Crippen molar-refractivity contribution in [3.8, 4) is 0 Å². The second-order valence-corrected chi connectivity index (χ2v) is 5.93.